The highest BCUT2D eigenvalue weighted by Crippen LogP contribution is 2.27. The number of nitrogens with zero attached hydrogens (tertiary/aromatic N) is 2. The van der Waals surface area contributed by atoms with Crippen LogP contribution in [0.1, 0.15) is 5.56 Å². The molecule has 11 heteroatoms. The summed E-state index contributed by atoms with van der Waals surface area (Å²) >= 11 is 1.15. The Morgan fingerprint density at radius 2 is 1.62 bits per heavy atom. The lowest BCUT2D eigenvalue weighted by molar-refractivity contribution is -0.121. The number of amides is 2. The van der Waals surface area contributed by atoms with Gasteiger partial charge in [0.2, 0.25) is 11.8 Å². The zero-order chi connectivity index (χ0) is 26.4. The lowest BCUT2D eigenvalue weighted by atomic mass is 10.1. The third kappa shape index (κ3) is 5.89. The van der Waals surface area contributed by atoms with Crippen LogP contribution < -0.4 is 31.4 Å². The van der Waals surface area contributed by atoms with E-state index in [9.17, 15) is 19.2 Å². The fourth-order valence-electron chi connectivity index (χ4n) is 3.87. The number of rotatable bonds is 10. The van der Waals surface area contributed by atoms with Crippen molar-refractivity contribution in [1.29, 1.82) is 0 Å². The number of hydrogen-bond acceptors (Lipinski definition) is 7. The van der Waals surface area contributed by atoms with Crippen LogP contribution in [0.2, 0.25) is 0 Å². The molecule has 0 atom stereocenters. The number of anilines is 1. The molecule has 4 rings (SSSR count). The number of para-hydroxylation sites is 1. The first-order valence-electron chi connectivity index (χ1n) is 11.4. The fourth-order valence-corrected chi connectivity index (χ4v) is 4.72. The lowest BCUT2D eigenvalue weighted by Gasteiger charge is -2.13. The molecular formula is C26H26N4O6S. The van der Waals surface area contributed by atoms with E-state index in [1.165, 1.54) is 4.57 Å². The Morgan fingerprint density at radius 3 is 2.35 bits per heavy atom. The van der Waals surface area contributed by atoms with Gasteiger partial charge in [0, 0.05) is 12.2 Å². The minimum atomic E-state index is -0.728. The van der Waals surface area contributed by atoms with Gasteiger partial charge in [-0.15, -0.1) is 11.3 Å². The lowest BCUT2D eigenvalue weighted by Crippen LogP contribution is -2.44. The van der Waals surface area contributed by atoms with Gasteiger partial charge in [0.15, 0.2) is 11.5 Å². The summed E-state index contributed by atoms with van der Waals surface area (Å²) in [5.74, 6) is 0.271. The van der Waals surface area contributed by atoms with E-state index < -0.39 is 29.6 Å². The van der Waals surface area contributed by atoms with Gasteiger partial charge in [0.05, 0.1) is 19.7 Å². The number of hydrogen-bond donors (Lipinski definition) is 2. The van der Waals surface area contributed by atoms with Crippen LogP contribution in [0.15, 0.2) is 69.6 Å². The van der Waals surface area contributed by atoms with E-state index in [4.69, 9.17) is 9.47 Å². The van der Waals surface area contributed by atoms with E-state index in [2.05, 4.69) is 10.6 Å². The molecule has 0 spiro atoms. The smallest absolute Gasteiger partial charge is 0.332 e. The maximum atomic E-state index is 13.2. The fraction of sp³-hybridized carbons (Fsp3) is 0.231. The highest BCUT2D eigenvalue weighted by atomic mass is 32.1. The first-order chi connectivity index (χ1) is 17.9. The molecule has 0 aliphatic heterocycles. The van der Waals surface area contributed by atoms with Crippen molar-refractivity contribution in [2.45, 2.75) is 19.5 Å². The number of carbonyl (C=O) groups excluding carboxylic acids is 2. The molecule has 2 amide bonds. The van der Waals surface area contributed by atoms with Crippen LogP contribution in [0.5, 0.6) is 11.5 Å². The van der Waals surface area contributed by atoms with Gasteiger partial charge in [0.25, 0.3) is 5.56 Å². The number of ether oxygens (including phenoxy) is 2. The molecular weight excluding hydrogens is 496 g/mol. The minimum absolute atomic E-state index is 0.290. The first-order valence-corrected chi connectivity index (χ1v) is 12.3. The second kappa shape index (κ2) is 11.6. The summed E-state index contributed by atoms with van der Waals surface area (Å²) in [7, 11) is 3.10. The average molecular weight is 523 g/mol. The molecule has 2 aromatic heterocycles. The average Bonchev–Trinajstić information content (AvgIpc) is 3.40. The predicted molar refractivity (Wildman–Crippen MR) is 142 cm³/mol. The predicted octanol–water partition coefficient (Wildman–Crippen LogP) is 2.24. The van der Waals surface area contributed by atoms with Crippen molar-refractivity contribution in [3.05, 3.63) is 86.4 Å². The third-order valence-corrected chi connectivity index (χ3v) is 6.57. The molecule has 0 aliphatic carbocycles. The van der Waals surface area contributed by atoms with Crippen LogP contribution in [0.3, 0.4) is 0 Å². The molecule has 37 heavy (non-hydrogen) atoms. The van der Waals surface area contributed by atoms with Gasteiger partial charge in [-0.25, -0.2) is 9.36 Å². The Kier molecular flexibility index (Phi) is 8.04. The quantitative estimate of drug-likeness (QED) is 0.330. The Hall–Kier alpha value is -4.38. The normalized spacial score (nSPS) is 10.8. The molecule has 0 bridgehead atoms. The van der Waals surface area contributed by atoms with E-state index in [0.717, 1.165) is 21.5 Å². The molecule has 4 aromatic rings. The van der Waals surface area contributed by atoms with Crippen LogP contribution in [-0.4, -0.2) is 41.7 Å². The Balaban J connectivity index is 1.47. The topological polar surface area (TPSA) is 121 Å². The molecule has 0 saturated heterocycles. The third-order valence-electron chi connectivity index (χ3n) is 5.68. The summed E-state index contributed by atoms with van der Waals surface area (Å²) in [5.41, 5.74) is 0.568. The zero-order valence-corrected chi connectivity index (χ0v) is 21.2. The molecule has 0 fully saturated rings. The van der Waals surface area contributed by atoms with Crippen molar-refractivity contribution in [1.82, 2.24) is 14.5 Å². The van der Waals surface area contributed by atoms with Crippen LogP contribution in [0, 0.1) is 0 Å². The number of thiophene rings is 1. The van der Waals surface area contributed by atoms with E-state index >= 15 is 0 Å². The van der Waals surface area contributed by atoms with Crippen molar-refractivity contribution in [2.75, 3.05) is 26.1 Å². The second-order valence-corrected chi connectivity index (χ2v) is 9.01. The second-order valence-electron chi connectivity index (χ2n) is 8.10. The number of methoxy groups -OCH3 is 2. The summed E-state index contributed by atoms with van der Waals surface area (Å²) < 4.78 is 12.9. The number of nitrogens with one attached hydrogen (secondary N) is 2. The van der Waals surface area contributed by atoms with Crippen LogP contribution >= 0.6 is 11.3 Å². The van der Waals surface area contributed by atoms with Gasteiger partial charge in [-0.05, 0) is 47.7 Å². The summed E-state index contributed by atoms with van der Waals surface area (Å²) in [6.07, 6.45) is 0.509. The van der Waals surface area contributed by atoms with Crippen LogP contribution in [0.4, 0.5) is 5.69 Å². The molecule has 2 N–H and O–H groups in total. The first kappa shape index (κ1) is 25.7. The zero-order valence-electron chi connectivity index (χ0n) is 20.4. The minimum Gasteiger partial charge on any atom is -0.493 e. The molecule has 2 heterocycles. The van der Waals surface area contributed by atoms with Crippen molar-refractivity contribution < 1.29 is 19.1 Å². The highest BCUT2D eigenvalue weighted by Gasteiger charge is 2.18. The van der Waals surface area contributed by atoms with E-state index in [1.807, 2.05) is 18.2 Å². The summed E-state index contributed by atoms with van der Waals surface area (Å²) in [6.45, 7) is -0.474. The van der Waals surface area contributed by atoms with Crippen LogP contribution in [0.25, 0.3) is 10.2 Å². The maximum absolute atomic E-state index is 13.2. The van der Waals surface area contributed by atoms with Gasteiger partial charge in [-0.3, -0.25) is 19.0 Å². The van der Waals surface area contributed by atoms with Crippen LogP contribution in [-0.2, 0) is 29.1 Å². The monoisotopic (exact) mass is 522 g/mol. The Morgan fingerprint density at radius 1 is 0.892 bits per heavy atom. The largest absolute Gasteiger partial charge is 0.493 e. The van der Waals surface area contributed by atoms with Gasteiger partial charge < -0.3 is 20.1 Å². The SMILES string of the molecule is COc1ccc(CCNC(=O)Cn2c(=O)c3sccc3n(CC(=O)Nc3ccccc3)c2=O)cc1OC. The van der Waals surface area contributed by atoms with E-state index in [1.54, 1.807) is 56.0 Å². The summed E-state index contributed by atoms with van der Waals surface area (Å²) in [6, 6.07) is 15.9. The molecule has 0 saturated carbocycles. The summed E-state index contributed by atoms with van der Waals surface area (Å²) in [5, 5.41) is 7.14. The number of fused-ring (bicyclic) bond motifs is 1. The molecule has 192 valence electrons. The molecule has 2 aromatic carbocycles. The Bertz CT molecular complexity index is 1540. The van der Waals surface area contributed by atoms with Crippen molar-refractivity contribution in [2.24, 2.45) is 0 Å². The van der Waals surface area contributed by atoms with Gasteiger partial charge in [-0.1, -0.05) is 24.3 Å². The molecule has 0 radical (unpaired) electrons. The number of benzene rings is 2. The molecule has 10 nitrogen and oxygen atoms in total. The summed E-state index contributed by atoms with van der Waals surface area (Å²) in [4.78, 5) is 51.4. The van der Waals surface area contributed by atoms with Crippen molar-refractivity contribution in [3.8, 4) is 11.5 Å². The molecule has 0 unspecified atom stereocenters. The van der Waals surface area contributed by atoms with Gasteiger partial charge in [0.1, 0.15) is 17.8 Å². The Labute approximate surface area is 216 Å². The number of carbonyl (C=O) groups is 2. The molecule has 0 aliphatic rings. The van der Waals surface area contributed by atoms with Gasteiger partial charge in [-0.2, -0.15) is 0 Å². The maximum Gasteiger partial charge on any atom is 0.332 e. The van der Waals surface area contributed by atoms with Crippen molar-refractivity contribution >= 4 is 39.1 Å². The van der Waals surface area contributed by atoms with E-state index in [-0.39, 0.29) is 13.1 Å². The van der Waals surface area contributed by atoms with E-state index in [0.29, 0.717) is 33.8 Å². The number of aromatic nitrogens is 2. The highest BCUT2D eigenvalue weighted by molar-refractivity contribution is 7.17. The van der Waals surface area contributed by atoms with Crippen molar-refractivity contribution in [3.63, 3.8) is 0 Å². The standard InChI is InChI=1S/C26H26N4O6S/c1-35-20-9-8-17(14-21(20)36-2)10-12-27-22(31)15-30-25(33)24-19(11-13-37-24)29(26(30)34)16-23(32)28-18-6-4-3-5-7-18/h3-9,11,13-14H,10,12,15-16H2,1-2H3,(H,27,31)(H,28,32). The van der Waals surface area contributed by atoms with Gasteiger partial charge >= 0.3 is 5.69 Å².